The Hall–Kier alpha value is -1.26. The zero-order valence-corrected chi connectivity index (χ0v) is 14.0. The first kappa shape index (κ1) is 16.1. The van der Waals surface area contributed by atoms with Crippen LogP contribution < -0.4 is 5.32 Å². The first-order valence-electron chi connectivity index (χ1n) is 7.69. The van der Waals surface area contributed by atoms with Crippen LogP contribution in [0.2, 0.25) is 0 Å². The lowest BCUT2D eigenvalue weighted by atomic mass is 10.1. The van der Waals surface area contributed by atoms with Crippen molar-refractivity contribution in [1.82, 2.24) is 14.9 Å². The fraction of sp³-hybridized carbons (Fsp3) is 0.471. The molecule has 0 saturated carbocycles. The summed E-state index contributed by atoms with van der Waals surface area (Å²) in [5.41, 5.74) is 2.64. The maximum absolute atomic E-state index is 4.22. The van der Waals surface area contributed by atoms with Crippen molar-refractivity contribution in [2.75, 3.05) is 6.54 Å². The highest BCUT2D eigenvalue weighted by atomic mass is 32.2. The zero-order valence-electron chi connectivity index (χ0n) is 13.2. The lowest BCUT2D eigenvalue weighted by molar-refractivity contribution is 0.570. The number of aryl methyl sites for hydroxylation is 1. The lowest BCUT2D eigenvalue weighted by Crippen LogP contribution is -2.19. The summed E-state index contributed by atoms with van der Waals surface area (Å²) in [6.07, 6.45) is 5.04. The lowest BCUT2D eigenvalue weighted by Gasteiger charge is -2.14. The number of hydrogen-bond acceptors (Lipinski definition) is 3. The van der Waals surface area contributed by atoms with Gasteiger partial charge in [-0.25, -0.2) is 4.98 Å². The molecule has 0 aliphatic carbocycles. The van der Waals surface area contributed by atoms with Crippen molar-refractivity contribution >= 4 is 11.8 Å². The summed E-state index contributed by atoms with van der Waals surface area (Å²) < 4.78 is 2.20. The monoisotopic (exact) mass is 303 g/mol. The van der Waals surface area contributed by atoms with Crippen molar-refractivity contribution in [2.45, 2.75) is 50.4 Å². The third-order valence-electron chi connectivity index (χ3n) is 3.58. The molecule has 3 nitrogen and oxygen atoms in total. The highest BCUT2D eigenvalue weighted by molar-refractivity contribution is 7.98. The molecule has 21 heavy (non-hydrogen) atoms. The Kier molecular flexibility index (Phi) is 6.33. The molecule has 0 bridgehead atoms. The summed E-state index contributed by atoms with van der Waals surface area (Å²) in [5, 5.41) is 3.54. The number of nitrogens with zero attached hydrogens (tertiary/aromatic N) is 2. The summed E-state index contributed by atoms with van der Waals surface area (Å²) >= 11 is 1.87. The second kappa shape index (κ2) is 8.25. The smallest absolute Gasteiger partial charge is 0.0948 e. The summed E-state index contributed by atoms with van der Waals surface area (Å²) in [4.78, 5) is 5.55. The van der Waals surface area contributed by atoms with E-state index in [9.17, 15) is 0 Å². The van der Waals surface area contributed by atoms with Crippen molar-refractivity contribution in [1.29, 1.82) is 0 Å². The maximum atomic E-state index is 4.22. The van der Waals surface area contributed by atoms with E-state index in [0.29, 0.717) is 6.04 Å². The van der Waals surface area contributed by atoms with Crippen LogP contribution in [-0.4, -0.2) is 16.1 Å². The fourth-order valence-corrected chi connectivity index (χ4v) is 3.21. The molecule has 0 saturated heterocycles. The molecule has 1 atom stereocenters. The molecule has 114 valence electrons. The second-order valence-corrected chi connectivity index (χ2v) is 6.26. The van der Waals surface area contributed by atoms with E-state index in [0.717, 1.165) is 18.8 Å². The van der Waals surface area contributed by atoms with Crippen molar-refractivity contribution < 1.29 is 0 Å². The van der Waals surface area contributed by atoms with Crippen molar-refractivity contribution in [3.63, 3.8) is 0 Å². The third-order valence-corrected chi connectivity index (χ3v) is 4.61. The number of thioether (sulfide) groups is 1. The van der Waals surface area contributed by atoms with E-state index in [2.05, 4.69) is 59.9 Å². The van der Waals surface area contributed by atoms with E-state index in [4.69, 9.17) is 0 Å². The summed E-state index contributed by atoms with van der Waals surface area (Å²) in [6, 6.07) is 9.25. The SMILES string of the molecule is CCCNC(C)c1cccc(SCc2cncn2CC)c1. The topological polar surface area (TPSA) is 29.9 Å². The Morgan fingerprint density at radius 2 is 2.19 bits per heavy atom. The quantitative estimate of drug-likeness (QED) is 0.739. The molecule has 0 aliphatic heterocycles. The van der Waals surface area contributed by atoms with Gasteiger partial charge in [-0.15, -0.1) is 11.8 Å². The minimum Gasteiger partial charge on any atom is -0.334 e. The van der Waals surface area contributed by atoms with Gasteiger partial charge in [0.25, 0.3) is 0 Å². The first-order valence-corrected chi connectivity index (χ1v) is 8.68. The van der Waals surface area contributed by atoms with Gasteiger partial charge in [-0.1, -0.05) is 19.1 Å². The van der Waals surface area contributed by atoms with Gasteiger partial charge >= 0.3 is 0 Å². The molecule has 0 spiro atoms. The summed E-state index contributed by atoms with van der Waals surface area (Å²) in [6.45, 7) is 8.62. The largest absolute Gasteiger partial charge is 0.334 e. The van der Waals surface area contributed by atoms with Crippen molar-refractivity contribution in [2.24, 2.45) is 0 Å². The number of benzene rings is 1. The van der Waals surface area contributed by atoms with Crippen LogP contribution >= 0.6 is 11.8 Å². The van der Waals surface area contributed by atoms with Crippen LogP contribution in [0.25, 0.3) is 0 Å². The predicted molar refractivity (Wildman–Crippen MR) is 90.6 cm³/mol. The molecule has 1 aromatic carbocycles. The van der Waals surface area contributed by atoms with E-state index in [1.54, 1.807) is 0 Å². The van der Waals surface area contributed by atoms with Crippen LogP contribution in [0.3, 0.4) is 0 Å². The van der Waals surface area contributed by atoms with Crippen LogP contribution in [0, 0.1) is 0 Å². The van der Waals surface area contributed by atoms with Crippen LogP contribution in [0.5, 0.6) is 0 Å². The molecular formula is C17H25N3S. The fourth-order valence-electron chi connectivity index (χ4n) is 2.26. The summed E-state index contributed by atoms with van der Waals surface area (Å²) in [7, 11) is 0. The van der Waals surface area contributed by atoms with Crippen molar-refractivity contribution in [3.8, 4) is 0 Å². The van der Waals surface area contributed by atoms with Crippen molar-refractivity contribution in [3.05, 3.63) is 48.0 Å². The van der Waals surface area contributed by atoms with E-state index in [1.807, 2.05) is 24.3 Å². The average Bonchev–Trinajstić information content (AvgIpc) is 2.98. The van der Waals surface area contributed by atoms with Gasteiger partial charge in [-0.3, -0.25) is 0 Å². The Bertz CT molecular complexity index is 550. The molecule has 1 unspecified atom stereocenters. The number of hydrogen-bond donors (Lipinski definition) is 1. The molecule has 1 heterocycles. The molecule has 4 heteroatoms. The van der Waals surface area contributed by atoms with Gasteiger partial charge in [0, 0.05) is 35.1 Å². The minimum absolute atomic E-state index is 0.409. The molecule has 2 rings (SSSR count). The molecular weight excluding hydrogens is 278 g/mol. The number of aromatic nitrogens is 2. The van der Waals surface area contributed by atoms with E-state index in [-0.39, 0.29) is 0 Å². The molecule has 1 aromatic heterocycles. The number of nitrogens with one attached hydrogen (secondary N) is 1. The van der Waals surface area contributed by atoms with Gasteiger partial charge in [-0.2, -0.15) is 0 Å². The average molecular weight is 303 g/mol. The van der Waals surface area contributed by atoms with E-state index < -0.39 is 0 Å². The maximum Gasteiger partial charge on any atom is 0.0948 e. The van der Waals surface area contributed by atoms with Crippen LogP contribution in [0.1, 0.15) is 44.5 Å². The van der Waals surface area contributed by atoms with Crippen LogP contribution in [0.15, 0.2) is 41.7 Å². The predicted octanol–water partition coefficient (Wildman–Crippen LogP) is 4.26. The van der Waals surface area contributed by atoms with Crippen LogP contribution in [-0.2, 0) is 12.3 Å². The van der Waals surface area contributed by atoms with Gasteiger partial charge in [0.1, 0.15) is 0 Å². The second-order valence-electron chi connectivity index (χ2n) is 5.21. The molecule has 0 amide bonds. The summed E-state index contributed by atoms with van der Waals surface area (Å²) in [5.74, 6) is 0.966. The van der Waals surface area contributed by atoms with Gasteiger partial charge < -0.3 is 9.88 Å². The van der Waals surface area contributed by atoms with Gasteiger partial charge in [-0.05, 0) is 44.5 Å². The molecule has 1 N–H and O–H groups in total. The molecule has 0 radical (unpaired) electrons. The van der Waals surface area contributed by atoms with E-state index >= 15 is 0 Å². The molecule has 0 aliphatic rings. The van der Waals surface area contributed by atoms with Gasteiger partial charge in [0.05, 0.1) is 6.33 Å². The standard InChI is InChI=1S/C17H25N3S/c1-4-9-19-14(3)15-7-6-8-17(10-15)21-12-16-11-18-13-20(16)5-2/h6-8,10-11,13-14,19H,4-5,9,12H2,1-3H3. The third kappa shape index (κ3) is 4.61. The highest BCUT2D eigenvalue weighted by Gasteiger charge is 2.06. The van der Waals surface area contributed by atoms with Gasteiger partial charge in [0.15, 0.2) is 0 Å². The molecule has 2 aromatic rings. The van der Waals surface area contributed by atoms with Crippen LogP contribution in [0.4, 0.5) is 0 Å². The molecule has 0 fully saturated rings. The normalized spacial score (nSPS) is 12.5. The van der Waals surface area contributed by atoms with E-state index in [1.165, 1.54) is 22.6 Å². The number of rotatable bonds is 8. The Labute approximate surface area is 132 Å². The van der Waals surface area contributed by atoms with Gasteiger partial charge in [0.2, 0.25) is 0 Å². The Morgan fingerprint density at radius 1 is 1.33 bits per heavy atom. The minimum atomic E-state index is 0.409. The number of imidazole rings is 1. The Morgan fingerprint density at radius 3 is 2.95 bits per heavy atom. The highest BCUT2D eigenvalue weighted by Crippen LogP contribution is 2.25. The Balaban J connectivity index is 1.97. The zero-order chi connectivity index (χ0) is 15.1. The first-order chi connectivity index (χ1) is 10.2.